The summed E-state index contributed by atoms with van der Waals surface area (Å²) in [5, 5.41) is 0. The van der Waals surface area contributed by atoms with Crippen molar-refractivity contribution in [3.63, 3.8) is 0 Å². The molecule has 1 atom stereocenters. The van der Waals surface area contributed by atoms with Crippen LogP contribution < -0.4 is 0 Å². The zero-order valence-corrected chi connectivity index (χ0v) is 11.4. The second-order valence-electron chi connectivity index (χ2n) is 4.27. The molecule has 1 aliphatic heterocycles. The molecule has 1 aliphatic rings. The molecule has 1 saturated heterocycles. The minimum absolute atomic E-state index is 0.0494. The van der Waals surface area contributed by atoms with Gasteiger partial charge in [0.05, 0.1) is 6.04 Å². The number of hydrogen-bond acceptors (Lipinski definition) is 1. The van der Waals surface area contributed by atoms with E-state index in [1.54, 1.807) is 12.1 Å². The van der Waals surface area contributed by atoms with Crippen LogP contribution in [0.5, 0.6) is 0 Å². The predicted octanol–water partition coefficient (Wildman–Crippen LogP) is 3.93. The highest BCUT2D eigenvalue weighted by molar-refractivity contribution is 5.77. The molecule has 1 heterocycles. The van der Waals surface area contributed by atoms with Crippen LogP contribution in [-0.4, -0.2) is 17.4 Å². The van der Waals surface area contributed by atoms with Gasteiger partial charge in [0.15, 0.2) is 0 Å². The molecule has 1 aromatic carbocycles. The van der Waals surface area contributed by atoms with Crippen LogP contribution in [0.25, 0.3) is 0 Å². The van der Waals surface area contributed by atoms with E-state index in [9.17, 15) is 9.18 Å². The lowest BCUT2D eigenvalue weighted by Crippen LogP contribution is -2.37. The highest BCUT2D eigenvalue weighted by atomic mass is 19.1. The van der Waals surface area contributed by atoms with Gasteiger partial charge in [0, 0.05) is 13.0 Å². The molecule has 18 heavy (non-hydrogen) atoms. The number of carbonyl (C=O) groups is 1. The lowest BCUT2D eigenvalue weighted by atomic mass is 10.0. The van der Waals surface area contributed by atoms with Crippen LogP contribution in [-0.2, 0) is 4.79 Å². The topological polar surface area (TPSA) is 20.3 Å². The van der Waals surface area contributed by atoms with Gasteiger partial charge in [-0.3, -0.25) is 4.79 Å². The Kier molecular flexibility index (Phi) is 5.83. The fourth-order valence-corrected chi connectivity index (χ4v) is 2.16. The van der Waals surface area contributed by atoms with Gasteiger partial charge in [0.25, 0.3) is 0 Å². The number of amides is 1. The minimum atomic E-state index is -0.235. The zero-order chi connectivity index (χ0) is 13.5. The summed E-state index contributed by atoms with van der Waals surface area (Å²) in [6.45, 7) is 6.81. The number of likely N-dealkylation sites (tertiary alicyclic amines) is 1. The summed E-state index contributed by atoms with van der Waals surface area (Å²) in [5.41, 5.74) is 0.997. The van der Waals surface area contributed by atoms with Crippen molar-refractivity contribution in [1.82, 2.24) is 4.90 Å². The maximum absolute atomic E-state index is 12.8. The summed E-state index contributed by atoms with van der Waals surface area (Å²) in [5.74, 6) is -0.0241. The van der Waals surface area contributed by atoms with Gasteiger partial charge < -0.3 is 4.90 Å². The Hall–Kier alpha value is -1.38. The fraction of sp³-hybridized carbons (Fsp3) is 0.533. The normalized spacial score (nSPS) is 16.9. The van der Waals surface area contributed by atoms with E-state index in [1.165, 1.54) is 12.1 Å². The van der Waals surface area contributed by atoms with Gasteiger partial charge in [0.2, 0.25) is 5.91 Å². The zero-order valence-electron chi connectivity index (χ0n) is 11.4. The van der Waals surface area contributed by atoms with Gasteiger partial charge in [-0.05, 0) is 37.5 Å². The molecule has 0 N–H and O–H groups in total. The van der Waals surface area contributed by atoms with Gasteiger partial charge in [-0.2, -0.15) is 0 Å². The third-order valence-electron chi connectivity index (χ3n) is 3.18. The smallest absolute Gasteiger partial charge is 0.223 e. The van der Waals surface area contributed by atoms with Gasteiger partial charge in [-0.1, -0.05) is 26.0 Å². The molecular formula is C15H22FNO. The fourth-order valence-electron chi connectivity index (χ4n) is 2.16. The van der Waals surface area contributed by atoms with Crippen molar-refractivity contribution in [2.24, 2.45) is 0 Å². The van der Waals surface area contributed by atoms with Crippen LogP contribution in [0, 0.1) is 5.82 Å². The second kappa shape index (κ2) is 7.14. The van der Waals surface area contributed by atoms with E-state index in [0.717, 1.165) is 24.9 Å². The first-order valence-corrected chi connectivity index (χ1v) is 6.73. The van der Waals surface area contributed by atoms with E-state index >= 15 is 0 Å². The third-order valence-corrected chi connectivity index (χ3v) is 3.18. The maximum atomic E-state index is 12.8. The van der Waals surface area contributed by atoms with Crippen LogP contribution in [0.2, 0.25) is 0 Å². The molecule has 0 spiro atoms. The van der Waals surface area contributed by atoms with Gasteiger partial charge in [0.1, 0.15) is 5.82 Å². The maximum Gasteiger partial charge on any atom is 0.223 e. The lowest BCUT2D eigenvalue weighted by Gasteiger charge is -2.32. The van der Waals surface area contributed by atoms with Crippen LogP contribution in [0.15, 0.2) is 24.3 Å². The number of piperidine rings is 1. The average molecular weight is 251 g/mol. The highest BCUT2D eigenvalue weighted by Gasteiger charge is 2.23. The van der Waals surface area contributed by atoms with Gasteiger partial charge >= 0.3 is 0 Å². The Morgan fingerprint density at radius 2 is 1.78 bits per heavy atom. The summed E-state index contributed by atoms with van der Waals surface area (Å²) >= 11 is 0. The first-order chi connectivity index (χ1) is 8.68. The van der Waals surface area contributed by atoms with Gasteiger partial charge in [-0.15, -0.1) is 0 Å². The number of halogens is 1. The van der Waals surface area contributed by atoms with E-state index in [2.05, 4.69) is 0 Å². The van der Waals surface area contributed by atoms with Crippen molar-refractivity contribution < 1.29 is 9.18 Å². The minimum Gasteiger partial charge on any atom is -0.336 e. The summed E-state index contributed by atoms with van der Waals surface area (Å²) in [4.78, 5) is 13.6. The standard InChI is InChI=1S/C13H16FNO.C2H6/c1-10(11-5-7-12(14)8-6-11)15-9-3-2-4-13(15)16;1-2/h5-8,10H,2-4,9H2,1H3;1-2H3. The second-order valence-corrected chi connectivity index (χ2v) is 4.27. The SMILES string of the molecule is CC.CC(c1ccc(F)cc1)N1CCCCC1=O. The Balaban J connectivity index is 0.000000771. The quantitative estimate of drug-likeness (QED) is 0.780. The third kappa shape index (κ3) is 3.56. The number of nitrogens with zero attached hydrogens (tertiary/aromatic N) is 1. The molecule has 1 amide bonds. The lowest BCUT2D eigenvalue weighted by molar-refractivity contribution is -0.135. The molecule has 2 rings (SSSR count). The van der Waals surface area contributed by atoms with Crippen molar-refractivity contribution in [3.05, 3.63) is 35.6 Å². The molecule has 1 aromatic rings. The van der Waals surface area contributed by atoms with Crippen LogP contribution in [0.3, 0.4) is 0 Å². The molecule has 0 bridgehead atoms. The van der Waals surface area contributed by atoms with Crippen LogP contribution in [0.4, 0.5) is 4.39 Å². The summed E-state index contributed by atoms with van der Waals surface area (Å²) in [6.07, 6.45) is 2.70. The molecule has 2 nitrogen and oxygen atoms in total. The number of benzene rings is 1. The molecule has 0 radical (unpaired) electrons. The van der Waals surface area contributed by atoms with E-state index < -0.39 is 0 Å². The molecule has 3 heteroatoms. The number of rotatable bonds is 2. The van der Waals surface area contributed by atoms with Crippen molar-refractivity contribution in [2.75, 3.05) is 6.54 Å². The molecule has 1 fully saturated rings. The molecule has 100 valence electrons. The summed E-state index contributed by atoms with van der Waals surface area (Å²) in [6, 6.07) is 6.44. The van der Waals surface area contributed by atoms with Crippen molar-refractivity contribution >= 4 is 5.91 Å². The molecular weight excluding hydrogens is 229 g/mol. The molecule has 0 saturated carbocycles. The van der Waals surface area contributed by atoms with Crippen LogP contribution in [0.1, 0.15) is 51.6 Å². The Morgan fingerprint density at radius 3 is 2.33 bits per heavy atom. The number of hydrogen-bond donors (Lipinski definition) is 0. The monoisotopic (exact) mass is 251 g/mol. The van der Waals surface area contributed by atoms with Crippen LogP contribution >= 0.6 is 0 Å². The Labute approximate surface area is 109 Å². The number of carbonyl (C=O) groups excluding carboxylic acids is 1. The molecule has 1 unspecified atom stereocenters. The van der Waals surface area contributed by atoms with E-state index in [1.807, 2.05) is 25.7 Å². The van der Waals surface area contributed by atoms with Crippen molar-refractivity contribution in [1.29, 1.82) is 0 Å². The Morgan fingerprint density at radius 1 is 1.17 bits per heavy atom. The molecule has 0 aliphatic carbocycles. The highest BCUT2D eigenvalue weighted by Crippen LogP contribution is 2.24. The van der Waals surface area contributed by atoms with E-state index in [-0.39, 0.29) is 17.8 Å². The largest absolute Gasteiger partial charge is 0.336 e. The van der Waals surface area contributed by atoms with E-state index in [4.69, 9.17) is 0 Å². The van der Waals surface area contributed by atoms with Crippen molar-refractivity contribution in [2.45, 2.75) is 46.1 Å². The van der Waals surface area contributed by atoms with Gasteiger partial charge in [-0.25, -0.2) is 4.39 Å². The average Bonchev–Trinajstić information content (AvgIpc) is 2.42. The molecule has 0 aromatic heterocycles. The summed E-state index contributed by atoms with van der Waals surface area (Å²) in [7, 11) is 0. The summed E-state index contributed by atoms with van der Waals surface area (Å²) < 4.78 is 12.8. The van der Waals surface area contributed by atoms with Crippen molar-refractivity contribution in [3.8, 4) is 0 Å². The Bertz CT molecular complexity index is 375. The first kappa shape index (κ1) is 14.7. The van der Waals surface area contributed by atoms with E-state index in [0.29, 0.717) is 6.42 Å². The predicted molar refractivity (Wildman–Crippen MR) is 71.7 cm³/mol. The first-order valence-electron chi connectivity index (χ1n) is 6.73.